The number of benzene rings is 2. The second-order valence-electron chi connectivity index (χ2n) is 6.92. The van der Waals surface area contributed by atoms with Gasteiger partial charge in [0.1, 0.15) is 17.0 Å². The number of ether oxygens (including phenoxy) is 1. The van der Waals surface area contributed by atoms with E-state index in [1.807, 2.05) is 50.2 Å². The Labute approximate surface area is 183 Å². The Balaban J connectivity index is 1.64. The molecule has 4 aromatic rings. The number of thioether (sulfide) groups is 1. The van der Waals surface area contributed by atoms with E-state index in [4.69, 9.17) is 14.1 Å². The van der Waals surface area contributed by atoms with Gasteiger partial charge in [0, 0.05) is 4.90 Å². The van der Waals surface area contributed by atoms with Gasteiger partial charge in [0.25, 0.3) is 0 Å². The van der Waals surface area contributed by atoms with Crippen molar-refractivity contribution in [2.45, 2.75) is 25.3 Å². The molecule has 0 spiro atoms. The maximum Gasteiger partial charge on any atom is 0.239 e. The van der Waals surface area contributed by atoms with Crippen LogP contribution in [0.25, 0.3) is 10.2 Å². The van der Waals surface area contributed by atoms with Gasteiger partial charge in [-0.15, -0.1) is 11.8 Å². The first-order chi connectivity index (χ1) is 14.5. The summed E-state index contributed by atoms with van der Waals surface area (Å²) in [4.78, 5) is 20.7. The maximum absolute atomic E-state index is 13.2. The van der Waals surface area contributed by atoms with Gasteiger partial charge in [0.15, 0.2) is 5.13 Å². The number of anilines is 1. The quantitative estimate of drug-likeness (QED) is 0.339. The van der Waals surface area contributed by atoms with E-state index in [2.05, 4.69) is 12.1 Å². The molecule has 5 nitrogen and oxygen atoms in total. The molecule has 0 radical (unpaired) electrons. The lowest BCUT2D eigenvalue weighted by molar-refractivity contribution is -0.116. The van der Waals surface area contributed by atoms with Crippen LogP contribution >= 0.6 is 23.1 Å². The normalized spacial score (nSPS) is 11.0. The molecule has 0 aliphatic rings. The fourth-order valence-electron chi connectivity index (χ4n) is 3.06. The first-order valence-electron chi connectivity index (χ1n) is 9.51. The molecule has 0 unspecified atom stereocenters. The molecule has 0 aliphatic carbocycles. The SMILES string of the molecule is COc1ccc(C)c2sc(N(Cc3ccco3)C(=O)CSc3ccc(C)cc3)nc12. The van der Waals surface area contributed by atoms with Crippen molar-refractivity contribution in [3.63, 3.8) is 0 Å². The summed E-state index contributed by atoms with van der Waals surface area (Å²) in [6.45, 7) is 4.42. The molecule has 4 rings (SSSR count). The second kappa shape index (κ2) is 8.93. The van der Waals surface area contributed by atoms with Crippen molar-refractivity contribution in [3.05, 3.63) is 71.7 Å². The van der Waals surface area contributed by atoms with Gasteiger partial charge in [-0.05, 0) is 49.7 Å². The number of thiazole rings is 1. The van der Waals surface area contributed by atoms with Gasteiger partial charge in [0.05, 0.1) is 30.4 Å². The third-order valence-corrected chi connectivity index (χ3v) is 6.93. The lowest BCUT2D eigenvalue weighted by atomic mass is 10.2. The molecule has 0 fully saturated rings. The predicted molar refractivity (Wildman–Crippen MR) is 123 cm³/mol. The fraction of sp³-hybridized carbons (Fsp3) is 0.217. The molecule has 7 heteroatoms. The second-order valence-corrected chi connectivity index (χ2v) is 8.95. The summed E-state index contributed by atoms with van der Waals surface area (Å²) in [5.41, 5.74) is 3.08. The molecule has 1 amide bonds. The fourth-order valence-corrected chi connectivity index (χ4v) is 4.90. The minimum Gasteiger partial charge on any atom is -0.494 e. The van der Waals surface area contributed by atoms with Crippen LogP contribution in [0.1, 0.15) is 16.9 Å². The zero-order chi connectivity index (χ0) is 21.1. The molecule has 0 N–H and O–H groups in total. The summed E-state index contributed by atoms with van der Waals surface area (Å²) < 4.78 is 12.0. The minimum atomic E-state index is -0.0207. The van der Waals surface area contributed by atoms with Crippen LogP contribution in [0.15, 0.2) is 64.1 Å². The van der Waals surface area contributed by atoms with E-state index in [0.29, 0.717) is 28.9 Å². The number of amides is 1. The van der Waals surface area contributed by atoms with Gasteiger partial charge in [0.2, 0.25) is 5.91 Å². The number of methoxy groups -OCH3 is 1. The van der Waals surface area contributed by atoms with Gasteiger partial charge in [-0.3, -0.25) is 9.69 Å². The number of rotatable bonds is 7. The summed E-state index contributed by atoms with van der Waals surface area (Å²) >= 11 is 3.02. The van der Waals surface area contributed by atoms with E-state index in [9.17, 15) is 4.79 Å². The predicted octanol–water partition coefficient (Wildman–Crippen LogP) is 5.84. The van der Waals surface area contributed by atoms with Crippen molar-refractivity contribution < 1.29 is 13.9 Å². The zero-order valence-electron chi connectivity index (χ0n) is 17.0. The Morgan fingerprint density at radius 1 is 1.17 bits per heavy atom. The molecule has 2 aromatic heterocycles. The van der Waals surface area contributed by atoms with Crippen LogP contribution in [0.2, 0.25) is 0 Å². The lowest BCUT2D eigenvalue weighted by Crippen LogP contribution is -2.31. The molecule has 2 aromatic carbocycles. The Bertz CT molecular complexity index is 1150. The highest BCUT2D eigenvalue weighted by molar-refractivity contribution is 8.00. The molecule has 2 heterocycles. The van der Waals surface area contributed by atoms with Crippen molar-refractivity contribution in [2.24, 2.45) is 0 Å². The number of hydrogen-bond donors (Lipinski definition) is 0. The molecule has 0 saturated carbocycles. The average molecular weight is 439 g/mol. The van der Waals surface area contributed by atoms with Crippen molar-refractivity contribution in [1.82, 2.24) is 4.98 Å². The Morgan fingerprint density at radius 2 is 1.97 bits per heavy atom. The van der Waals surface area contributed by atoms with E-state index in [-0.39, 0.29) is 5.91 Å². The molecule has 0 saturated heterocycles. The van der Waals surface area contributed by atoms with Gasteiger partial charge >= 0.3 is 0 Å². The summed E-state index contributed by atoms with van der Waals surface area (Å²) in [5.74, 6) is 1.72. The number of carbonyl (C=O) groups excluding carboxylic acids is 1. The molecule has 0 atom stereocenters. The van der Waals surface area contributed by atoms with Crippen molar-refractivity contribution in [1.29, 1.82) is 0 Å². The van der Waals surface area contributed by atoms with E-state index in [1.54, 1.807) is 18.3 Å². The van der Waals surface area contributed by atoms with E-state index in [1.165, 1.54) is 28.7 Å². The number of fused-ring (bicyclic) bond motifs is 1. The number of nitrogens with zero attached hydrogens (tertiary/aromatic N) is 2. The largest absolute Gasteiger partial charge is 0.494 e. The summed E-state index contributed by atoms with van der Waals surface area (Å²) in [6, 6.07) is 15.8. The number of hydrogen-bond acceptors (Lipinski definition) is 6. The van der Waals surface area contributed by atoms with Gasteiger partial charge in [-0.1, -0.05) is 35.1 Å². The van der Waals surface area contributed by atoms with Gasteiger partial charge < -0.3 is 9.15 Å². The van der Waals surface area contributed by atoms with Gasteiger partial charge in [-0.25, -0.2) is 4.98 Å². The Hall–Kier alpha value is -2.77. The molecule has 154 valence electrons. The summed E-state index contributed by atoms with van der Waals surface area (Å²) in [5, 5.41) is 0.642. The first kappa shape index (κ1) is 20.5. The topological polar surface area (TPSA) is 55.6 Å². The Kier molecular flexibility index (Phi) is 6.11. The highest BCUT2D eigenvalue weighted by atomic mass is 32.2. The van der Waals surface area contributed by atoms with E-state index in [0.717, 1.165) is 20.7 Å². The highest BCUT2D eigenvalue weighted by Crippen LogP contribution is 2.37. The zero-order valence-corrected chi connectivity index (χ0v) is 18.7. The third kappa shape index (κ3) is 4.37. The smallest absolute Gasteiger partial charge is 0.239 e. The van der Waals surface area contributed by atoms with Crippen LogP contribution < -0.4 is 9.64 Å². The van der Waals surface area contributed by atoms with Crippen LogP contribution in [0.4, 0.5) is 5.13 Å². The monoisotopic (exact) mass is 438 g/mol. The molecule has 30 heavy (non-hydrogen) atoms. The first-order valence-corrected chi connectivity index (χ1v) is 11.3. The summed E-state index contributed by atoms with van der Waals surface area (Å²) in [7, 11) is 1.63. The van der Waals surface area contributed by atoms with Crippen LogP contribution in [0.3, 0.4) is 0 Å². The highest BCUT2D eigenvalue weighted by Gasteiger charge is 2.23. The van der Waals surface area contributed by atoms with Crippen LogP contribution in [0.5, 0.6) is 5.75 Å². The summed E-state index contributed by atoms with van der Waals surface area (Å²) in [6.07, 6.45) is 1.62. The van der Waals surface area contributed by atoms with Crippen molar-refractivity contribution in [2.75, 3.05) is 17.8 Å². The number of carbonyl (C=O) groups is 1. The van der Waals surface area contributed by atoms with Crippen LogP contribution in [-0.4, -0.2) is 23.8 Å². The van der Waals surface area contributed by atoms with Crippen molar-refractivity contribution >= 4 is 44.4 Å². The molecule has 0 aliphatic heterocycles. The van der Waals surface area contributed by atoms with Crippen LogP contribution in [0, 0.1) is 13.8 Å². The van der Waals surface area contributed by atoms with E-state index < -0.39 is 0 Å². The number of aryl methyl sites for hydroxylation is 2. The molecular formula is C23H22N2O3S2. The molecule has 0 bridgehead atoms. The maximum atomic E-state index is 13.2. The third-order valence-electron chi connectivity index (χ3n) is 4.72. The van der Waals surface area contributed by atoms with Gasteiger partial charge in [-0.2, -0.15) is 0 Å². The molecular weight excluding hydrogens is 416 g/mol. The minimum absolute atomic E-state index is 0.0207. The van der Waals surface area contributed by atoms with E-state index >= 15 is 0 Å². The standard InChI is InChI=1S/C23H22N2O3S2/c1-15-6-9-18(10-7-15)29-14-20(26)25(13-17-5-4-12-28-17)23-24-21-19(27-3)11-8-16(2)22(21)30-23/h4-12H,13-14H2,1-3H3. The lowest BCUT2D eigenvalue weighted by Gasteiger charge is -2.18. The number of aromatic nitrogens is 1. The average Bonchev–Trinajstić information content (AvgIpc) is 3.42. The Morgan fingerprint density at radius 3 is 2.67 bits per heavy atom. The number of furan rings is 1. The van der Waals surface area contributed by atoms with Crippen molar-refractivity contribution in [3.8, 4) is 5.75 Å². The van der Waals surface area contributed by atoms with Crippen LogP contribution in [-0.2, 0) is 11.3 Å².